The molecule has 3 aromatic rings. The number of ether oxygens (including phenoxy) is 2. The van der Waals surface area contributed by atoms with Gasteiger partial charge in [-0.1, -0.05) is 13.3 Å². The Morgan fingerprint density at radius 2 is 1.36 bits per heavy atom. The summed E-state index contributed by atoms with van der Waals surface area (Å²) in [7, 11) is 2.73. The van der Waals surface area contributed by atoms with Gasteiger partial charge in [-0.3, -0.25) is 0 Å². The number of carbonyl (C=O) groups is 2. The highest BCUT2D eigenvalue weighted by molar-refractivity contribution is 6.11. The predicted molar refractivity (Wildman–Crippen MR) is 97.0 cm³/mol. The second-order valence-electron chi connectivity index (χ2n) is 5.95. The lowest BCUT2D eigenvalue weighted by Gasteiger charge is -2.07. The normalized spacial score (nSPS) is 11.0. The maximum atomic E-state index is 11.9. The minimum atomic E-state index is -0.375. The van der Waals surface area contributed by atoms with Crippen LogP contribution in [0.5, 0.6) is 0 Å². The molecule has 5 heteroatoms. The molecule has 0 aliphatic heterocycles. The van der Waals surface area contributed by atoms with E-state index in [1.165, 1.54) is 14.2 Å². The lowest BCUT2D eigenvalue weighted by atomic mass is 10.1. The first-order valence-corrected chi connectivity index (χ1v) is 8.33. The van der Waals surface area contributed by atoms with Crippen molar-refractivity contribution in [2.45, 2.75) is 26.3 Å². The Morgan fingerprint density at radius 1 is 0.880 bits per heavy atom. The standard InChI is InChI=1S/C20H21NO4/c1-4-5-10-21-17-8-6-13(19(22)24-2)11-15(17)16-12-14(20(23)25-3)7-9-18(16)21/h6-9,11-12H,4-5,10H2,1-3H3. The van der Waals surface area contributed by atoms with Crippen molar-refractivity contribution in [3.8, 4) is 0 Å². The van der Waals surface area contributed by atoms with Crippen molar-refractivity contribution < 1.29 is 19.1 Å². The Balaban J connectivity index is 2.29. The van der Waals surface area contributed by atoms with E-state index in [9.17, 15) is 9.59 Å². The molecule has 130 valence electrons. The van der Waals surface area contributed by atoms with Gasteiger partial charge < -0.3 is 14.0 Å². The molecule has 0 saturated carbocycles. The van der Waals surface area contributed by atoms with Crippen molar-refractivity contribution in [2.75, 3.05) is 14.2 Å². The molecule has 0 radical (unpaired) electrons. The van der Waals surface area contributed by atoms with Gasteiger partial charge in [0.2, 0.25) is 0 Å². The number of hydrogen-bond donors (Lipinski definition) is 0. The van der Waals surface area contributed by atoms with Crippen molar-refractivity contribution in [3.05, 3.63) is 47.5 Å². The number of aryl methyl sites for hydroxylation is 1. The van der Waals surface area contributed by atoms with Crippen LogP contribution < -0.4 is 0 Å². The Hall–Kier alpha value is -2.82. The van der Waals surface area contributed by atoms with Gasteiger partial charge in [0.1, 0.15) is 0 Å². The zero-order valence-electron chi connectivity index (χ0n) is 14.7. The first-order chi connectivity index (χ1) is 12.1. The Morgan fingerprint density at radius 3 is 1.76 bits per heavy atom. The Labute approximate surface area is 146 Å². The van der Waals surface area contributed by atoms with Gasteiger partial charge in [-0.2, -0.15) is 0 Å². The zero-order valence-corrected chi connectivity index (χ0v) is 14.7. The number of aromatic nitrogens is 1. The molecule has 0 saturated heterocycles. The molecule has 25 heavy (non-hydrogen) atoms. The van der Waals surface area contributed by atoms with Gasteiger partial charge >= 0.3 is 11.9 Å². The predicted octanol–water partition coefficient (Wildman–Crippen LogP) is 4.17. The minimum absolute atomic E-state index is 0.375. The maximum absolute atomic E-state index is 11.9. The van der Waals surface area contributed by atoms with Gasteiger partial charge in [-0.05, 0) is 42.8 Å². The van der Waals surface area contributed by atoms with Crippen LogP contribution in [0.4, 0.5) is 0 Å². The van der Waals surface area contributed by atoms with Crippen LogP contribution in [0.2, 0.25) is 0 Å². The number of carbonyl (C=O) groups excluding carboxylic acids is 2. The van der Waals surface area contributed by atoms with Gasteiger partial charge in [0, 0.05) is 28.4 Å². The zero-order chi connectivity index (χ0) is 18.0. The number of rotatable bonds is 5. The first kappa shape index (κ1) is 17.0. The van der Waals surface area contributed by atoms with Crippen molar-refractivity contribution in [2.24, 2.45) is 0 Å². The number of unbranched alkanes of at least 4 members (excludes halogenated alkanes) is 1. The molecule has 3 rings (SSSR count). The average Bonchev–Trinajstić information content (AvgIpc) is 2.97. The summed E-state index contributed by atoms with van der Waals surface area (Å²) in [6, 6.07) is 11.1. The highest BCUT2D eigenvalue weighted by atomic mass is 16.5. The third-order valence-corrected chi connectivity index (χ3v) is 4.44. The van der Waals surface area contributed by atoms with Gasteiger partial charge in [-0.15, -0.1) is 0 Å². The van der Waals surface area contributed by atoms with E-state index in [4.69, 9.17) is 9.47 Å². The van der Waals surface area contributed by atoms with E-state index in [1.807, 2.05) is 24.3 Å². The third-order valence-electron chi connectivity index (χ3n) is 4.44. The minimum Gasteiger partial charge on any atom is -0.465 e. The second-order valence-corrected chi connectivity index (χ2v) is 5.95. The molecule has 5 nitrogen and oxygen atoms in total. The van der Waals surface area contributed by atoms with Crippen LogP contribution in [0, 0.1) is 0 Å². The molecular weight excluding hydrogens is 318 g/mol. The third kappa shape index (κ3) is 2.97. The Bertz CT molecular complexity index is 882. The molecular formula is C20H21NO4. The van der Waals surface area contributed by atoms with E-state index in [0.717, 1.165) is 41.2 Å². The summed E-state index contributed by atoms with van der Waals surface area (Å²) in [5, 5.41) is 1.86. The monoisotopic (exact) mass is 339 g/mol. The van der Waals surface area contributed by atoms with Crippen LogP contribution in [0.1, 0.15) is 40.5 Å². The number of esters is 2. The molecule has 0 aliphatic rings. The summed E-state index contributed by atoms with van der Waals surface area (Å²) in [4.78, 5) is 23.8. The van der Waals surface area contributed by atoms with E-state index in [0.29, 0.717) is 11.1 Å². The maximum Gasteiger partial charge on any atom is 0.337 e. The molecule has 0 spiro atoms. The Kier molecular flexibility index (Phi) is 4.74. The van der Waals surface area contributed by atoms with E-state index in [2.05, 4.69) is 11.5 Å². The molecule has 1 heterocycles. The quantitative estimate of drug-likeness (QED) is 0.655. The van der Waals surface area contributed by atoms with Crippen LogP contribution in [0.3, 0.4) is 0 Å². The topological polar surface area (TPSA) is 57.5 Å². The molecule has 0 unspecified atom stereocenters. The average molecular weight is 339 g/mol. The summed E-state index contributed by atoms with van der Waals surface area (Å²) < 4.78 is 11.9. The molecule has 1 aromatic heterocycles. The number of fused-ring (bicyclic) bond motifs is 3. The van der Waals surface area contributed by atoms with E-state index in [-0.39, 0.29) is 11.9 Å². The number of hydrogen-bond acceptors (Lipinski definition) is 4. The summed E-state index contributed by atoms with van der Waals surface area (Å²) in [5.41, 5.74) is 3.07. The number of nitrogens with zero attached hydrogens (tertiary/aromatic N) is 1. The SMILES string of the molecule is CCCCn1c2ccc(C(=O)OC)cc2c2cc(C(=O)OC)ccc21. The van der Waals surface area contributed by atoms with Crippen LogP contribution >= 0.6 is 0 Å². The van der Waals surface area contributed by atoms with Gasteiger partial charge in [-0.25, -0.2) is 9.59 Å². The largest absolute Gasteiger partial charge is 0.465 e. The van der Waals surface area contributed by atoms with Crippen molar-refractivity contribution in [1.82, 2.24) is 4.57 Å². The van der Waals surface area contributed by atoms with Gasteiger partial charge in [0.15, 0.2) is 0 Å². The summed E-state index contributed by atoms with van der Waals surface area (Å²) in [5.74, 6) is -0.749. The summed E-state index contributed by atoms with van der Waals surface area (Å²) in [6.45, 7) is 3.03. The lowest BCUT2D eigenvalue weighted by Crippen LogP contribution is -2.01. The van der Waals surface area contributed by atoms with Crippen LogP contribution in [0.15, 0.2) is 36.4 Å². The molecule has 2 aromatic carbocycles. The van der Waals surface area contributed by atoms with Crippen molar-refractivity contribution in [3.63, 3.8) is 0 Å². The molecule has 0 N–H and O–H groups in total. The van der Waals surface area contributed by atoms with E-state index in [1.54, 1.807) is 12.1 Å². The molecule has 0 aliphatic carbocycles. The smallest absolute Gasteiger partial charge is 0.337 e. The van der Waals surface area contributed by atoms with Gasteiger partial charge in [0.05, 0.1) is 25.3 Å². The fourth-order valence-electron chi connectivity index (χ4n) is 3.15. The fourth-order valence-corrected chi connectivity index (χ4v) is 3.15. The number of methoxy groups -OCH3 is 2. The summed E-state index contributed by atoms with van der Waals surface area (Å²) in [6.07, 6.45) is 2.14. The molecule has 0 atom stereocenters. The highest BCUT2D eigenvalue weighted by Gasteiger charge is 2.16. The fraction of sp³-hybridized carbons (Fsp3) is 0.300. The van der Waals surface area contributed by atoms with Crippen molar-refractivity contribution in [1.29, 1.82) is 0 Å². The van der Waals surface area contributed by atoms with Crippen LogP contribution in [-0.4, -0.2) is 30.7 Å². The molecule has 0 fully saturated rings. The molecule has 0 bridgehead atoms. The first-order valence-electron chi connectivity index (χ1n) is 8.33. The highest BCUT2D eigenvalue weighted by Crippen LogP contribution is 2.31. The van der Waals surface area contributed by atoms with E-state index < -0.39 is 0 Å². The van der Waals surface area contributed by atoms with Gasteiger partial charge in [0.25, 0.3) is 0 Å². The molecule has 0 amide bonds. The van der Waals surface area contributed by atoms with Crippen LogP contribution in [-0.2, 0) is 16.0 Å². The van der Waals surface area contributed by atoms with Crippen LogP contribution in [0.25, 0.3) is 21.8 Å². The summed E-state index contributed by atoms with van der Waals surface area (Å²) >= 11 is 0. The van der Waals surface area contributed by atoms with Crippen molar-refractivity contribution >= 4 is 33.7 Å². The second kappa shape index (κ2) is 6.97. The lowest BCUT2D eigenvalue weighted by molar-refractivity contribution is 0.0592. The van der Waals surface area contributed by atoms with E-state index >= 15 is 0 Å². The number of benzene rings is 2.